The van der Waals surface area contributed by atoms with Crippen LogP contribution in [-0.2, 0) is 14.8 Å². The highest BCUT2D eigenvalue weighted by Crippen LogP contribution is 2.20. The number of anilines is 2. The first-order chi connectivity index (χ1) is 11.1. The summed E-state index contributed by atoms with van der Waals surface area (Å²) < 4.78 is 26.8. The van der Waals surface area contributed by atoms with Crippen LogP contribution in [-0.4, -0.2) is 56.1 Å². The molecule has 1 aliphatic rings. The van der Waals surface area contributed by atoms with Crippen LogP contribution in [0.15, 0.2) is 33.9 Å². The van der Waals surface area contributed by atoms with Crippen molar-refractivity contribution in [1.29, 1.82) is 0 Å². The molecule has 2 aromatic rings. The third-order valence-corrected chi connectivity index (χ3v) is 6.19. The van der Waals surface area contributed by atoms with Crippen molar-refractivity contribution in [1.82, 2.24) is 15.1 Å². The smallest absolute Gasteiger partial charge is 0.272 e. The summed E-state index contributed by atoms with van der Waals surface area (Å²) in [6.45, 7) is 2.62. The third-order valence-electron chi connectivity index (χ3n) is 3.44. The van der Waals surface area contributed by atoms with Crippen LogP contribution in [0, 0.1) is 0 Å². The summed E-state index contributed by atoms with van der Waals surface area (Å²) in [7, 11) is -3.61. The molecular weight excluding hydrogens is 338 g/mol. The number of hydrogen-bond acceptors (Lipinski definition) is 7. The fourth-order valence-corrected chi connectivity index (χ4v) is 4.20. The normalized spacial score (nSPS) is 15.5. The Balaban J connectivity index is 1.67. The van der Waals surface area contributed by atoms with E-state index in [1.807, 2.05) is 4.90 Å². The maximum atomic E-state index is 12.1. The maximum absolute atomic E-state index is 12.1. The average molecular weight is 353 g/mol. The van der Waals surface area contributed by atoms with Gasteiger partial charge in [-0.15, -0.1) is 21.5 Å². The lowest BCUT2D eigenvalue weighted by Crippen LogP contribution is -2.46. The fourth-order valence-electron chi connectivity index (χ4n) is 2.21. The lowest BCUT2D eigenvalue weighted by molar-refractivity contribution is -0.118. The Morgan fingerprint density at radius 3 is 2.48 bits per heavy atom. The van der Waals surface area contributed by atoms with Crippen LogP contribution in [0.5, 0.6) is 0 Å². The molecule has 1 aliphatic heterocycles. The molecule has 2 aromatic heterocycles. The number of carbonyl (C=O) groups excluding carboxylic acids is 1. The number of hydrogen-bond donors (Lipinski definition) is 1. The quantitative estimate of drug-likeness (QED) is 0.792. The van der Waals surface area contributed by atoms with E-state index in [9.17, 15) is 13.2 Å². The molecule has 1 fully saturated rings. The Morgan fingerprint density at radius 1 is 1.13 bits per heavy atom. The topological polar surface area (TPSA) is 95.5 Å². The lowest BCUT2D eigenvalue weighted by atomic mass is 10.3. The van der Waals surface area contributed by atoms with Gasteiger partial charge < -0.3 is 9.80 Å². The van der Waals surface area contributed by atoms with Crippen molar-refractivity contribution in [2.75, 3.05) is 35.8 Å². The summed E-state index contributed by atoms with van der Waals surface area (Å²) in [5, 5.41) is 9.69. The van der Waals surface area contributed by atoms with Gasteiger partial charge in [-0.3, -0.25) is 9.52 Å². The molecule has 122 valence electrons. The highest BCUT2D eigenvalue weighted by molar-refractivity contribution is 7.94. The minimum atomic E-state index is -3.61. The second kappa shape index (κ2) is 6.50. The minimum Gasteiger partial charge on any atom is -0.352 e. The Hall–Kier alpha value is -2.20. The predicted molar refractivity (Wildman–Crippen MR) is 87.0 cm³/mol. The molecule has 0 aliphatic carbocycles. The van der Waals surface area contributed by atoms with Gasteiger partial charge in [0, 0.05) is 26.2 Å². The van der Waals surface area contributed by atoms with Gasteiger partial charge in [-0.25, -0.2) is 8.42 Å². The van der Waals surface area contributed by atoms with Crippen molar-refractivity contribution < 1.29 is 13.2 Å². The number of amides is 1. The highest BCUT2D eigenvalue weighted by Gasteiger charge is 2.19. The van der Waals surface area contributed by atoms with Gasteiger partial charge >= 0.3 is 0 Å². The number of sulfonamides is 1. The van der Waals surface area contributed by atoms with Crippen LogP contribution in [0.2, 0.25) is 0 Å². The second-order valence-corrected chi connectivity index (χ2v) is 7.80. The van der Waals surface area contributed by atoms with E-state index in [0.29, 0.717) is 32.0 Å². The average Bonchev–Trinajstić information content (AvgIpc) is 3.11. The Labute approximate surface area is 137 Å². The van der Waals surface area contributed by atoms with Gasteiger partial charge in [-0.05, 0) is 23.6 Å². The van der Waals surface area contributed by atoms with E-state index < -0.39 is 10.0 Å². The third kappa shape index (κ3) is 3.59. The van der Waals surface area contributed by atoms with Crippen LogP contribution >= 0.6 is 11.3 Å². The van der Waals surface area contributed by atoms with Crippen molar-refractivity contribution in [2.45, 2.75) is 4.21 Å². The number of piperazine rings is 1. The number of carbonyl (C=O) groups is 1. The summed E-state index contributed by atoms with van der Waals surface area (Å²) in [4.78, 5) is 14.4. The van der Waals surface area contributed by atoms with E-state index in [4.69, 9.17) is 0 Å². The molecule has 0 spiro atoms. The minimum absolute atomic E-state index is 0.175. The fraction of sp³-hybridized carbons (Fsp3) is 0.308. The van der Waals surface area contributed by atoms with Crippen molar-refractivity contribution in [3.63, 3.8) is 0 Å². The summed E-state index contributed by atoms with van der Waals surface area (Å²) in [6.07, 6.45) is 0.839. The molecule has 0 bridgehead atoms. The molecule has 23 heavy (non-hydrogen) atoms. The summed E-state index contributed by atoms with van der Waals surface area (Å²) in [6, 6.07) is 6.50. The number of nitrogens with one attached hydrogen (secondary N) is 1. The first-order valence-electron chi connectivity index (χ1n) is 6.93. The first kappa shape index (κ1) is 15.7. The molecule has 0 saturated carbocycles. The maximum Gasteiger partial charge on any atom is 0.272 e. The van der Waals surface area contributed by atoms with Gasteiger partial charge in [0.1, 0.15) is 4.21 Å². The predicted octanol–water partition coefficient (Wildman–Crippen LogP) is 0.617. The molecule has 0 aromatic carbocycles. The van der Waals surface area contributed by atoms with Crippen molar-refractivity contribution in [3.05, 3.63) is 29.6 Å². The van der Waals surface area contributed by atoms with Crippen LogP contribution in [0.3, 0.4) is 0 Å². The van der Waals surface area contributed by atoms with E-state index in [1.54, 1.807) is 28.5 Å². The first-order valence-corrected chi connectivity index (χ1v) is 9.29. The van der Waals surface area contributed by atoms with Crippen LogP contribution in [0.25, 0.3) is 0 Å². The van der Waals surface area contributed by atoms with Gasteiger partial charge in [0.05, 0.1) is 0 Å². The van der Waals surface area contributed by atoms with E-state index in [2.05, 4.69) is 14.9 Å². The lowest BCUT2D eigenvalue weighted by Gasteiger charge is -2.32. The summed E-state index contributed by atoms with van der Waals surface area (Å²) in [5.74, 6) is 0.836. The monoisotopic (exact) mass is 353 g/mol. The largest absolute Gasteiger partial charge is 0.352 e. The van der Waals surface area contributed by atoms with Crippen LogP contribution in [0.1, 0.15) is 0 Å². The molecule has 1 amide bonds. The van der Waals surface area contributed by atoms with Crippen LogP contribution in [0.4, 0.5) is 11.6 Å². The standard InChI is InChI=1S/C13H15N5O3S2/c19-10-17-5-7-18(8-6-17)12-4-3-11(14-15-12)16-23(20,21)13-2-1-9-22-13/h1-4,9-10H,5-8H2,(H,14,16). The molecule has 3 heterocycles. The molecule has 1 N–H and O–H groups in total. The zero-order valence-corrected chi connectivity index (χ0v) is 13.8. The molecule has 1 saturated heterocycles. The SMILES string of the molecule is O=CN1CCN(c2ccc(NS(=O)(=O)c3cccs3)nn2)CC1. The molecule has 0 radical (unpaired) electrons. The van der Waals surface area contributed by atoms with Crippen LogP contribution < -0.4 is 9.62 Å². The van der Waals surface area contributed by atoms with Crippen molar-refractivity contribution in [3.8, 4) is 0 Å². The molecule has 0 unspecified atom stereocenters. The molecule has 10 heteroatoms. The molecule has 8 nitrogen and oxygen atoms in total. The van der Waals surface area contributed by atoms with Gasteiger partial charge in [0.25, 0.3) is 10.0 Å². The second-order valence-electron chi connectivity index (χ2n) is 4.94. The van der Waals surface area contributed by atoms with Gasteiger partial charge in [0.2, 0.25) is 6.41 Å². The molecule has 3 rings (SSSR count). The van der Waals surface area contributed by atoms with E-state index in [0.717, 1.165) is 17.7 Å². The van der Waals surface area contributed by atoms with E-state index in [-0.39, 0.29) is 10.0 Å². The van der Waals surface area contributed by atoms with E-state index >= 15 is 0 Å². The molecule has 0 atom stereocenters. The summed E-state index contributed by atoms with van der Waals surface area (Å²) >= 11 is 1.14. The highest BCUT2D eigenvalue weighted by atomic mass is 32.2. The number of rotatable bonds is 5. The van der Waals surface area contributed by atoms with E-state index in [1.165, 1.54) is 6.07 Å². The zero-order valence-electron chi connectivity index (χ0n) is 12.1. The number of nitrogens with zero attached hydrogens (tertiary/aromatic N) is 4. The number of thiophene rings is 1. The summed E-state index contributed by atoms with van der Waals surface area (Å²) in [5.41, 5.74) is 0. The number of aromatic nitrogens is 2. The van der Waals surface area contributed by atoms with Gasteiger partial charge in [0.15, 0.2) is 11.6 Å². The Kier molecular flexibility index (Phi) is 4.44. The Bertz CT molecular complexity index is 753. The van der Waals surface area contributed by atoms with Gasteiger partial charge in [-0.1, -0.05) is 6.07 Å². The Morgan fingerprint density at radius 2 is 1.91 bits per heavy atom. The zero-order chi connectivity index (χ0) is 16.3. The van der Waals surface area contributed by atoms with Gasteiger partial charge in [-0.2, -0.15) is 0 Å². The molecular formula is C13H15N5O3S2. The van der Waals surface area contributed by atoms with Crippen molar-refractivity contribution in [2.24, 2.45) is 0 Å². The van der Waals surface area contributed by atoms with Crippen molar-refractivity contribution >= 4 is 39.4 Å².